The summed E-state index contributed by atoms with van der Waals surface area (Å²) in [6, 6.07) is 0.303. The van der Waals surface area contributed by atoms with Gasteiger partial charge in [-0.2, -0.15) is 0 Å². The number of ether oxygens (including phenoxy) is 1. The number of methoxy groups -OCH3 is 1. The molecule has 2 atom stereocenters. The maximum Gasteiger partial charge on any atom is 0.409 e. The summed E-state index contributed by atoms with van der Waals surface area (Å²) in [4.78, 5) is 13.4. The van der Waals surface area contributed by atoms with Gasteiger partial charge in [0.25, 0.3) is 0 Å². The first kappa shape index (κ1) is 15.2. The monoisotopic (exact) mass is 258 g/mol. The number of rotatable bonds is 5. The van der Waals surface area contributed by atoms with E-state index in [0.717, 1.165) is 25.9 Å². The van der Waals surface area contributed by atoms with E-state index in [1.54, 1.807) is 4.90 Å². The molecule has 1 amide bonds. The average Bonchev–Trinajstić information content (AvgIpc) is 2.37. The van der Waals surface area contributed by atoms with E-state index >= 15 is 0 Å². The standard InChI is InChI=1S/C13H26N2O3/c1-10(2)11-7-12(14-5-4-6-16)9-15(8-11)13(17)18-3/h10-12,14,16H,4-9H2,1-3H3. The Bertz CT molecular complexity index is 259. The van der Waals surface area contributed by atoms with E-state index in [-0.39, 0.29) is 12.7 Å². The molecule has 1 aliphatic heterocycles. The molecule has 106 valence electrons. The molecule has 5 nitrogen and oxygen atoms in total. The fourth-order valence-electron chi connectivity index (χ4n) is 2.43. The van der Waals surface area contributed by atoms with Crippen molar-refractivity contribution in [2.24, 2.45) is 11.8 Å². The van der Waals surface area contributed by atoms with E-state index in [0.29, 0.717) is 24.4 Å². The molecule has 18 heavy (non-hydrogen) atoms. The van der Waals surface area contributed by atoms with Crippen LogP contribution in [0.4, 0.5) is 4.79 Å². The zero-order chi connectivity index (χ0) is 13.5. The summed E-state index contributed by atoms with van der Waals surface area (Å²) in [7, 11) is 1.43. The Kier molecular flexibility index (Phi) is 6.43. The van der Waals surface area contributed by atoms with Gasteiger partial charge in [-0.3, -0.25) is 0 Å². The second-order valence-corrected chi connectivity index (χ2v) is 5.34. The normalized spacial score (nSPS) is 24.4. The quantitative estimate of drug-likeness (QED) is 0.724. The van der Waals surface area contributed by atoms with Crippen molar-refractivity contribution in [3.05, 3.63) is 0 Å². The zero-order valence-electron chi connectivity index (χ0n) is 11.7. The maximum atomic E-state index is 11.6. The molecule has 0 aromatic heterocycles. The van der Waals surface area contributed by atoms with Gasteiger partial charge in [-0.1, -0.05) is 13.8 Å². The minimum absolute atomic E-state index is 0.202. The zero-order valence-corrected chi connectivity index (χ0v) is 11.7. The highest BCUT2D eigenvalue weighted by atomic mass is 16.5. The van der Waals surface area contributed by atoms with Crippen LogP contribution in [0.3, 0.4) is 0 Å². The van der Waals surface area contributed by atoms with Gasteiger partial charge in [0.05, 0.1) is 7.11 Å². The Morgan fingerprint density at radius 2 is 2.22 bits per heavy atom. The molecule has 1 rings (SSSR count). The van der Waals surface area contributed by atoms with Crippen LogP contribution in [0.15, 0.2) is 0 Å². The maximum absolute atomic E-state index is 11.6. The van der Waals surface area contributed by atoms with E-state index in [9.17, 15) is 4.79 Å². The Morgan fingerprint density at radius 1 is 1.50 bits per heavy atom. The Morgan fingerprint density at radius 3 is 2.78 bits per heavy atom. The highest BCUT2D eigenvalue weighted by Crippen LogP contribution is 2.24. The van der Waals surface area contributed by atoms with Crippen LogP contribution in [0.1, 0.15) is 26.7 Å². The second-order valence-electron chi connectivity index (χ2n) is 5.34. The van der Waals surface area contributed by atoms with E-state index in [1.165, 1.54) is 7.11 Å². The molecule has 1 aliphatic rings. The molecule has 0 aliphatic carbocycles. The van der Waals surface area contributed by atoms with Gasteiger partial charge in [0.1, 0.15) is 0 Å². The number of amides is 1. The first-order valence-electron chi connectivity index (χ1n) is 6.75. The van der Waals surface area contributed by atoms with Crippen LogP contribution in [0, 0.1) is 11.8 Å². The molecule has 1 fully saturated rings. The first-order valence-corrected chi connectivity index (χ1v) is 6.75. The number of carbonyl (C=O) groups is 1. The molecule has 0 aromatic carbocycles. The number of nitrogens with one attached hydrogen (secondary N) is 1. The largest absolute Gasteiger partial charge is 0.453 e. The van der Waals surface area contributed by atoms with Gasteiger partial charge in [0, 0.05) is 25.7 Å². The van der Waals surface area contributed by atoms with Crippen LogP contribution in [-0.2, 0) is 4.74 Å². The third kappa shape index (κ3) is 4.46. The molecule has 1 saturated heterocycles. The van der Waals surface area contributed by atoms with E-state index in [2.05, 4.69) is 19.2 Å². The average molecular weight is 258 g/mol. The van der Waals surface area contributed by atoms with Crippen molar-refractivity contribution in [1.29, 1.82) is 0 Å². The molecule has 0 saturated carbocycles. The van der Waals surface area contributed by atoms with Gasteiger partial charge in [-0.25, -0.2) is 4.79 Å². The molecule has 0 bridgehead atoms. The Labute approximate surface area is 109 Å². The fraction of sp³-hybridized carbons (Fsp3) is 0.923. The van der Waals surface area contributed by atoms with Crippen LogP contribution in [0.5, 0.6) is 0 Å². The van der Waals surface area contributed by atoms with E-state index < -0.39 is 0 Å². The van der Waals surface area contributed by atoms with E-state index in [1.807, 2.05) is 0 Å². The second kappa shape index (κ2) is 7.59. The summed E-state index contributed by atoms with van der Waals surface area (Å²) in [6.07, 6.45) is 1.59. The summed E-state index contributed by atoms with van der Waals surface area (Å²) >= 11 is 0. The van der Waals surface area contributed by atoms with Gasteiger partial charge in [-0.05, 0) is 31.2 Å². The number of carbonyl (C=O) groups excluding carboxylic acids is 1. The molecule has 0 aromatic rings. The predicted octanol–water partition coefficient (Wildman–Crippen LogP) is 1.07. The summed E-state index contributed by atoms with van der Waals surface area (Å²) in [5.41, 5.74) is 0. The Hall–Kier alpha value is -0.810. The molecule has 2 N–H and O–H groups in total. The number of piperidine rings is 1. The van der Waals surface area contributed by atoms with Gasteiger partial charge < -0.3 is 20.1 Å². The molecular weight excluding hydrogens is 232 g/mol. The van der Waals surface area contributed by atoms with E-state index in [4.69, 9.17) is 9.84 Å². The van der Waals surface area contributed by atoms with Crippen molar-refractivity contribution < 1.29 is 14.6 Å². The molecule has 0 radical (unpaired) electrons. The SMILES string of the molecule is COC(=O)N1CC(NCCCO)CC(C(C)C)C1. The van der Waals surface area contributed by atoms with Crippen molar-refractivity contribution in [3.63, 3.8) is 0 Å². The molecule has 0 spiro atoms. The molecule has 1 heterocycles. The Balaban J connectivity index is 2.53. The summed E-state index contributed by atoms with van der Waals surface area (Å²) in [5.74, 6) is 1.06. The van der Waals surface area contributed by atoms with Crippen LogP contribution in [-0.4, -0.2) is 55.5 Å². The number of likely N-dealkylation sites (tertiary alicyclic amines) is 1. The van der Waals surface area contributed by atoms with Crippen LogP contribution >= 0.6 is 0 Å². The lowest BCUT2D eigenvalue weighted by atomic mass is 9.85. The smallest absolute Gasteiger partial charge is 0.409 e. The topological polar surface area (TPSA) is 61.8 Å². The van der Waals surface area contributed by atoms with Crippen molar-refractivity contribution >= 4 is 6.09 Å². The van der Waals surface area contributed by atoms with Gasteiger partial charge in [-0.15, -0.1) is 0 Å². The van der Waals surface area contributed by atoms with Crippen LogP contribution < -0.4 is 5.32 Å². The van der Waals surface area contributed by atoms with Crippen molar-refractivity contribution in [2.45, 2.75) is 32.7 Å². The van der Waals surface area contributed by atoms with Gasteiger partial charge in [0.15, 0.2) is 0 Å². The lowest BCUT2D eigenvalue weighted by molar-refractivity contribution is 0.0807. The molecule has 5 heteroatoms. The number of hydrogen-bond acceptors (Lipinski definition) is 4. The number of aliphatic hydroxyl groups excluding tert-OH is 1. The van der Waals surface area contributed by atoms with Crippen molar-refractivity contribution in [2.75, 3.05) is 33.4 Å². The minimum atomic E-state index is -0.241. The van der Waals surface area contributed by atoms with Gasteiger partial charge in [0.2, 0.25) is 0 Å². The van der Waals surface area contributed by atoms with Gasteiger partial charge >= 0.3 is 6.09 Å². The van der Waals surface area contributed by atoms with Crippen LogP contribution in [0.2, 0.25) is 0 Å². The molecule has 2 unspecified atom stereocenters. The number of aliphatic hydroxyl groups is 1. The number of hydrogen-bond donors (Lipinski definition) is 2. The summed E-state index contributed by atoms with van der Waals surface area (Å²) in [6.45, 7) is 6.85. The summed E-state index contributed by atoms with van der Waals surface area (Å²) in [5, 5.41) is 12.2. The summed E-state index contributed by atoms with van der Waals surface area (Å²) < 4.78 is 4.81. The van der Waals surface area contributed by atoms with Crippen LogP contribution in [0.25, 0.3) is 0 Å². The fourth-order valence-corrected chi connectivity index (χ4v) is 2.43. The highest BCUT2D eigenvalue weighted by molar-refractivity contribution is 5.67. The highest BCUT2D eigenvalue weighted by Gasteiger charge is 2.31. The van der Waals surface area contributed by atoms with Crippen molar-refractivity contribution in [1.82, 2.24) is 10.2 Å². The lowest BCUT2D eigenvalue weighted by Gasteiger charge is -2.39. The van der Waals surface area contributed by atoms with Crippen molar-refractivity contribution in [3.8, 4) is 0 Å². The third-order valence-corrected chi connectivity index (χ3v) is 3.63. The lowest BCUT2D eigenvalue weighted by Crippen LogP contribution is -2.52. The first-order chi connectivity index (χ1) is 8.58. The predicted molar refractivity (Wildman–Crippen MR) is 70.4 cm³/mol. The third-order valence-electron chi connectivity index (χ3n) is 3.63. The minimum Gasteiger partial charge on any atom is -0.453 e. The number of nitrogens with zero attached hydrogens (tertiary/aromatic N) is 1. The molecular formula is C13H26N2O3.